The molecular formula is C43H47F9N4O5S. The summed E-state index contributed by atoms with van der Waals surface area (Å²) in [7, 11) is -3.41. The highest BCUT2D eigenvalue weighted by molar-refractivity contribution is 7.90. The molecule has 0 aliphatic heterocycles. The molecule has 0 amide bonds. The van der Waals surface area contributed by atoms with Crippen LogP contribution >= 0.6 is 0 Å². The van der Waals surface area contributed by atoms with E-state index in [-0.39, 0.29) is 66.5 Å². The zero-order chi connectivity index (χ0) is 45.5. The SMILES string of the molecule is CCN(C[C@H]1CC[C@H](CC(=O)OCc2ccccc2)CC1)c1ccc(C(F)(F)F)cc1CN(c1ncc(OCCS(C)(=O)=O)cn1)[C@@H](C)c1cc(C(F)(F)F)cc(C(F)(F)F)c1. The second-order valence-electron chi connectivity index (χ2n) is 15.5. The van der Waals surface area contributed by atoms with Crippen molar-refractivity contribution in [3.05, 3.63) is 113 Å². The van der Waals surface area contributed by atoms with Gasteiger partial charge in [-0.1, -0.05) is 30.3 Å². The van der Waals surface area contributed by atoms with Crippen molar-refractivity contribution in [3.8, 4) is 5.75 Å². The van der Waals surface area contributed by atoms with E-state index < -0.39 is 63.2 Å². The Bertz CT molecular complexity index is 2180. The Labute approximate surface area is 354 Å². The van der Waals surface area contributed by atoms with Gasteiger partial charge in [-0.3, -0.25) is 4.79 Å². The molecule has 0 N–H and O–H groups in total. The smallest absolute Gasteiger partial charge is 0.416 e. The first kappa shape index (κ1) is 48.0. The van der Waals surface area contributed by atoms with Crippen LogP contribution in [0.25, 0.3) is 0 Å². The number of ether oxygens (including phenoxy) is 2. The number of carbonyl (C=O) groups is 1. The van der Waals surface area contributed by atoms with Crippen LogP contribution in [0.4, 0.5) is 51.1 Å². The van der Waals surface area contributed by atoms with Crippen LogP contribution in [0.2, 0.25) is 0 Å². The van der Waals surface area contributed by atoms with Gasteiger partial charge < -0.3 is 19.3 Å². The lowest BCUT2D eigenvalue weighted by Gasteiger charge is -2.36. The van der Waals surface area contributed by atoms with Crippen molar-refractivity contribution in [2.45, 2.75) is 83.7 Å². The van der Waals surface area contributed by atoms with Gasteiger partial charge in [0.25, 0.3) is 0 Å². The second-order valence-corrected chi connectivity index (χ2v) is 17.7. The van der Waals surface area contributed by atoms with Crippen LogP contribution in [0.1, 0.15) is 85.4 Å². The van der Waals surface area contributed by atoms with Gasteiger partial charge in [-0.15, -0.1) is 0 Å². The predicted molar refractivity (Wildman–Crippen MR) is 214 cm³/mol. The highest BCUT2D eigenvalue weighted by Crippen LogP contribution is 2.41. The van der Waals surface area contributed by atoms with Crippen molar-refractivity contribution in [2.75, 3.05) is 41.5 Å². The number of aromatic nitrogens is 2. The molecule has 0 saturated heterocycles. The fourth-order valence-electron chi connectivity index (χ4n) is 7.36. The number of sulfone groups is 1. The van der Waals surface area contributed by atoms with Crippen molar-refractivity contribution >= 4 is 27.4 Å². The monoisotopic (exact) mass is 902 g/mol. The van der Waals surface area contributed by atoms with Crippen LogP contribution in [0.5, 0.6) is 5.75 Å². The summed E-state index contributed by atoms with van der Waals surface area (Å²) in [6, 6.07) is 12.1. The van der Waals surface area contributed by atoms with Crippen LogP contribution < -0.4 is 14.5 Å². The molecule has 5 rings (SSSR count). The van der Waals surface area contributed by atoms with E-state index in [1.807, 2.05) is 42.2 Å². The summed E-state index contributed by atoms with van der Waals surface area (Å²) in [6.45, 7) is 3.22. The zero-order valence-corrected chi connectivity index (χ0v) is 35.0. The molecule has 1 fully saturated rings. The van der Waals surface area contributed by atoms with Crippen molar-refractivity contribution in [3.63, 3.8) is 0 Å². The van der Waals surface area contributed by atoms with Crippen LogP contribution in [0, 0.1) is 11.8 Å². The van der Waals surface area contributed by atoms with Crippen LogP contribution in [-0.2, 0) is 51.0 Å². The van der Waals surface area contributed by atoms with Gasteiger partial charge in [0.05, 0.1) is 40.9 Å². The fraction of sp³-hybridized carbons (Fsp3) is 0.465. The molecule has 1 saturated carbocycles. The van der Waals surface area contributed by atoms with E-state index >= 15 is 0 Å². The van der Waals surface area contributed by atoms with Gasteiger partial charge in [-0.05, 0) is 104 Å². The number of benzene rings is 3. The Morgan fingerprint density at radius 2 is 1.39 bits per heavy atom. The number of halogens is 9. The molecule has 1 aromatic heterocycles. The van der Waals surface area contributed by atoms with Gasteiger partial charge in [-0.2, -0.15) is 39.5 Å². The third-order valence-electron chi connectivity index (χ3n) is 10.8. The quantitative estimate of drug-likeness (QED) is 0.0757. The van der Waals surface area contributed by atoms with Crippen molar-refractivity contribution in [1.29, 1.82) is 0 Å². The summed E-state index contributed by atoms with van der Waals surface area (Å²) in [5.74, 6) is -0.775. The molecule has 3 aromatic carbocycles. The van der Waals surface area contributed by atoms with E-state index in [1.54, 1.807) is 0 Å². The molecule has 1 heterocycles. The highest BCUT2D eigenvalue weighted by atomic mass is 32.2. The van der Waals surface area contributed by atoms with Gasteiger partial charge in [0.2, 0.25) is 5.95 Å². The Kier molecular flexibility index (Phi) is 15.4. The summed E-state index contributed by atoms with van der Waals surface area (Å²) in [5.41, 5.74) is -3.40. The molecule has 4 aromatic rings. The molecule has 0 spiro atoms. The third kappa shape index (κ3) is 13.7. The highest BCUT2D eigenvalue weighted by Gasteiger charge is 2.38. The van der Waals surface area contributed by atoms with E-state index in [1.165, 1.54) is 17.9 Å². The maximum Gasteiger partial charge on any atom is 0.416 e. The number of nitrogens with zero attached hydrogens (tertiary/aromatic N) is 4. The average molecular weight is 903 g/mol. The lowest BCUT2D eigenvalue weighted by atomic mass is 9.80. The van der Waals surface area contributed by atoms with Crippen LogP contribution in [0.3, 0.4) is 0 Å². The third-order valence-corrected chi connectivity index (χ3v) is 11.7. The Balaban J connectivity index is 1.45. The molecule has 0 unspecified atom stereocenters. The summed E-state index contributed by atoms with van der Waals surface area (Å²) in [4.78, 5) is 24.1. The van der Waals surface area contributed by atoms with E-state index in [0.29, 0.717) is 30.9 Å². The number of alkyl halides is 9. The Morgan fingerprint density at radius 1 is 0.806 bits per heavy atom. The first-order chi connectivity index (χ1) is 29.0. The van der Waals surface area contributed by atoms with Crippen molar-refractivity contribution in [2.24, 2.45) is 11.8 Å². The molecule has 1 aliphatic rings. The minimum atomic E-state index is -5.18. The van der Waals surface area contributed by atoms with Gasteiger partial charge in [0.15, 0.2) is 15.6 Å². The van der Waals surface area contributed by atoms with Gasteiger partial charge in [0, 0.05) is 38.0 Å². The van der Waals surface area contributed by atoms with Gasteiger partial charge >= 0.3 is 24.5 Å². The number of rotatable bonds is 17. The molecule has 0 radical (unpaired) electrons. The lowest BCUT2D eigenvalue weighted by molar-refractivity contribution is -0.146. The van der Waals surface area contributed by atoms with Crippen molar-refractivity contribution < 1.29 is 62.2 Å². The molecule has 338 valence electrons. The standard InChI is InChI=1S/C43H47F9N4O5S/c1-4-55(25-30-12-10-29(11-13-30)18-39(57)61-27-31-8-6-5-7-9-31)38-15-14-34(41(44,45)46)21-33(38)26-56(40-53-23-37(24-54-40)60-16-17-62(3,58)59)28(2)32-19-35(42(47,48)49)22-36(20-32)43(50,51)52/h5-9,14-15,19-24,28-30H,4,10-13,16-18,25-27H2,1-3H3/t28-,29-,30-/m0/s1. The number of carbonyl (C=O) groups excluding carboxylic acids is 1. The summed E-state index contributed by atoms with van der Waals surface area (Å²) in [6.07, 6.45) is -8.83. The average Bonchev–Trinajstić information content (AvgIpc) is 3.20. The number of hydrogen-bond acceptors (Lipinski definition) is 9. The topological polar surface area (TPSA) is 102 Å². The molecule has 19 heteroatoms. The fourth-order valence-corrected chi connectivity index (χ4v) is 7.75. The normalized spacial score (nSPS) is 16.7. The van der Waals surface area contributed by atoms with Crippen molar-refractivity contribution in [1.82, 2.24) is 9.97 Å². The molecule has 1 atom stereocenters. The number of hydrogen-bond donors (Lipinski definition) is 0. The van der Waals surface area contributed by atoms with E-state index in [2.05, 4.69) is 9.97 Å². The minimum Gasteiger partial charge on any atom is -0.489 e. The Morgan fingerprint density at radius 3 is 1.94 bits per heavy atom. The molecule has 1 aliphatic carbocycles. The summed E-state index contributed by atoms with van der Waals surface area (Å²) >= 11 is 0. The summed E-state index contributed by atoms with van der Waals surface area (Å²) in [5, 5.41) is 0. The van der Waals surface area contributed by atoms with Gasteiger partial charge in [-0.25, -0.2) is 18.4 Å². The number of esters is 1. The van der Waals surface area contributed by atoms with Crippen LogP contribution in [0.15, 0.2) is 79.1 Å². The first-order valence-corrected chi connectivity index (χ1v) is 21.9. The van der Waals surface area contributed by atoms with Crippen LogP contribution in [-0.4, -0.2) is 56.1 Å². The molecule has 0 bridgehead atoms. The Hall–Kier alpha value is -5.07. The maximum atomic E-state index is 14.3. The number of anilines is 2. The molecular weight excluding hydrogens is 856 g/mol. The maximum absolute atomic E-state index is 14.3. The zero-order valence-electron chi connectivity index (χ0n) is 34.2. The minimum absolute atomic E-state index is 0.0147. The van der Waals surface area contributed by atoms with E-state index in [9.17, 15) is 52.7 Å². The van der Waals surface area contributed by atoms with E-state index in [4.69, 9.17) is 9.47 Å². The predicted octanol–water partition coefficient (Wildman–Crippen LogP) is 10.5. The second kappa shape index (κ2) is 20.0. The van der Waals surface area contributed by atoms with Gasteiger partial charge in [0.1, 0.15) is 13.2 Å². The summed E-state index contributed by atoms with van der Waals surface area (Å²) < 4.78 is 161. The molecule has 9 nitrogen and oxygen atoms in total. The van der Waals surface area contributed by atoms with E-state index in [0.717, 1.165) is 62.0 Å². The first-order valence-electron chi connectivity index (χ1n) is 19.8. The molecule has 62 heavy (non-hydrogen) atoms. The lowest BCUT2D eigenvalue weighted by Crippen LogP contribution is -2.34. The largest absolute Gasteiger partial charge is 0.489 e.